The van der Waals surface area contributed by atoms with E-state index in [1.165, 1.54) is 11.8 Å². The highest BCUT2D eigenvalue weighted by Crippen LogP contribution is 2.52. The molecule has 3 aliphatic rings. The monoisotopic (exact) mass is 582 g/mol. The fraction of sp³-hybridized carbons (Fsp3) is 0.567. The van der Waals surface area contributed by atoms with Crippen LogP contribution in [0.4, 0.5) is 0 Å². The number of nitrogens with zero attached hydrogens (tertiary/aromatic N) is 2. The van der Waals surface area contributed by atoms with Gasteiger partial charge in [-0.05, 0) is 51.9 Å². The van der Waals surface area contributed by atoms with E-state index in [4.69, 9.17) is 18.6 Å². The zero-order valence-corrected chi connectivity index (χ0v) is 25.3. The lowest BCUT2D eigenvalue weighted by molar-refractivity contribution is -0.130. The topological polar surface area (TPSA) is 119 Å². The van der Waals surface area contributed by atoms with Gasteiger partial charge in [-0.2, -0.15) is 0 Å². The number of benzene rings is 1. The van der Waals surface area contributed by atoms with E-state index in [1.807, 2.05) is 33.1 Å². The Bertz CT molecular complexity index is 1550. The van der Waals surface area contributed by atoms with E-state index in [0.717, 1.165) is 49.4 Å². The number of carbonyl (C=O) groups is 1. The Hall–Kier alpha value is -3.02. The largest absolute Gasteiger partial charge is 0.448 e. The van der Waals surface area contributed by atoms with E-state index in [0.29, 0.717) is 57.3 Å². The van der Waals surface area contributed by atoms with Crippen molar-refractivity contribution in [1.29, 1.82) is 0 Å². The number of aromatic amines is 1. The van der Waals surface area contributed by atoms with E-state index in [2.05, 4.69) is 20.2 Å². The second-order valence-electron chi connectivity index (χ2n) is 11.6. The fourth-order valence-electron chi connectivity index (χ4n) is 6.57. The third-order valence-electron chi connectivity index (χ3n) is 8.97. The average molecular weight is 583 g/mol. The van der Waals surface area contributed by atoms with Crippen molar-refractivity contribution in [3.05, 3.63) is 44.7 Å². The van der Waals surface area contributed by atoms with Crippen LogP contribution in [0.1, 0.15) is 65.7 Å². The number of thioether (sulfide) groups is 1. The lowest BCUT2D eigenvalue weighted by atomic mass is 9.80. The second kappa shape index (κ2) is 10.7. The van der Waals surface area contributed by atoms with Gasteiger partial charge in [-0.15, -0.1) is 11.8 Å². The van der Waals surface area contributed by atoms with Gasteiger partial charge in [0.1, 0.15) is 0 Å². The number of likely N-dealkylation sites (tertiary alicyclic amines) is 1. The van der Waals surface area contributed by atoms with Gasteiger partial charge in [0, 0.05) is 74.3 Å². The van der Waals surface area contributed by atoms with E-state index in [-0.39, 0.29) is 23.9 Å². The van der Waals surface area contributed by atoms with Crippen molar-refractivity contribution >= 4 is 28.8 Å². The highest BCUT2D eigenvalue weighted by Gasteiger charge is 2.49. The second-order valence-corrected chi connectivity index (χ2v) is 12.5. The molecule has 10 nitrogen and oxygen atoms in total. The molecule has 3 aromatic rings. The Balaban J connectivity index is 1.24. The molecule has 6 rings (SSSR count). The molecule has 0 spiro atoms. The molecular weight excluding hydrogens is 544 g/mol. The molecule has 1 saturated heterocycles. The van der Waals surface area contributed by atoms with Crippen molar-refractivity contribution in [2.24, 2.45) is 5.92 Å². The summed E-state index contributed by atoms with van der Waals surface area (Å²) in [7, 11) is 1.78. The van der Waals surface area contributed by atoms with Crippen molar-refractivity contribution in [1.82, 2.24) is 20.2 Å². The zero-order chi connectivity index (χ0) is 29.1. The Labute approximate surface area is 243 Å². The van der Waals surface area contributed by atoms with Crippen LogP contribution >= 0.6 is 11.8 Å². The summed E-state index contributed by atoms with van der Waals surface area (Å²) in [5.74, 6) is 0.469. The molecule has 2 fully saturated rings. The van der Waals surface area contributed by atoms with Crippen molar-refractivity contribution in [2.45, 2.75) is 82.8 Å². The molecule has 2 aliphatic heterocycles. The first-order valence-corrected chi connectivity index (χ1v) is 15.5. The van der Waals surface area contributed by atoms with Gasteiger partial charge >= 0.3 is 0 Å². The van der Waals surface area contributed by atoms with Crippen molar-refractivity contribution in [2.75, 3.05) is 26.5 Å². The normalized spacial score (nSPS) is 24.5. The van der Waals surface area contributed by atoms with Gasteiger partial charge in [-0.25, -0.2) is 4.98 Å². The third kappa shape index (κ3) is 4.91. The minimum atomic E-state index is -0.862. The lowest BCUT2D eigenvalue weighted by Crippen LogP contribution is -2.57. The van der Waals surface area contributed by atoms with Crippen LogP contribution in [0.2, 0.25) is 0 Å². The molecule has 1 amide bonds. The van der Waals surface area contributed by atoms with Gasteiger partial charge in [0.15, 0.2) is 28.5 Å². The number of pyridine rings is 1. The smallest absolute Gasteiger partial charge is 0.255 e. The molecule has 220 valence electrons. The summed E-state index contributed by atoms with van der Waals surface area (Å²) >= 11 is 1.47. The van der Waals surface area contributed by atoms with Gasteiger partial charge in [0.25, 0.3) is 17.3 Å². The molecule has 41 heavy (non-hydrogen) atoms. The van der Waals surface area contributed by atoms with E-state index in [1.54, 1.807) is 14.0 Å². The first-order chi connectivity index (χ1) is 19.6. The summed E-state index contributed by atoms with van der Waals surface area (Å²) in [4.78, 5) is 37.0. The number of aryl methyl sites for hydroxylation is 2. The zero-order valence-electron chi connectivity index (χ0n) is 24.5. The van der Waals surface area contributed by atoms with Gasteiger partial charge in [-0.1, -0.05) is 0 Å². The Morgan fingerprint density at radius 1 is 1.20 bits per heavy atom. The van der Waals surface area contributed by atoms with Gasteiger partial charge < -0.3 is 28.9 Å². The van der Waals surface area contributed by atoms with Crippen LogP contribution in [-0.2, 0) is 11.3 Å². The first-order valence-electron chi connectivity index (χ1n) is 14.2. The Morgan fingerprint density at radius 2 is 1.90 bits per heavy atom. The number of hydrogen-bond donors (Lipinski definition) is 2. The molecule has 2 aromatic heterocycles. The summed E-state index contributed by atoms with van der Waals surface area (Å²) in [5.41, 5.74) is 2.89. The molecule has 1 aliphatic carbocycles. The maximum absolute atomic E-state index is 13.7. The molecule has 11 heteroatoms. The summed E-state index contributed by atoms with van der Waals surface area (Å²) in [6.07, 6.45) is 6.41. The van der Waals surface area contributed by atoms with Crippen LogP contribution in [0.15, 0.2) is 20.2 Å². The number of amides is 1. The van der Waals surface area contributed by atoms with Gasteiger partial charge in [-0.3, -0.25) is 14.5 Å². The number of nitrogens with one attached hydrogen (secondary N) is 2. The molecule has 1 aromatic carbocycles. The number of rotatable bonds is 7. The number of hydrogen-bond acceptors (Lipinski definition) is 9. The fourth-order valence-corrected chi connectivity index (χ4v) is 7.28. The van der Waals surface area contributed by atoms with Gasteiger partial charge in [0.05, 0.1) is 11.7 Å². The molecule has 4 heterocycles. The number of methoxy groups -OCH3 is 1. The quantitative estimate of drug-likeness (QED) is 0.389. The van der Waals surface area contributed by atoms with E-state index in [9.17, 15) is 9.59 Å². The van der Waals surface area contributed by atoms with Crippen LogP contribution in [0.25, 0.3) is 11.1 Å². The first kappa shape index (κ1) is 28.1. The predicted octanol–water partition coefficient (Wildman–Crippen LogP) is 4.47. The minimum absolute atomic E-state index is 0.0796. The van der Waals surface area contributed by atoms with Crippen molar-refractivity contribution in [3.8, 4) is 11.5 Å². The number of carbonyl (C=O) groups excluding carboxylic acids is 1. The standard InChI is InChI=1S/C30H38N4O6S/c1-15-11-22(41-6)21(28(35)32-15)12-31-29(36)23-16(2)25-27(24-26(23)38-17(3)33-24)40-30(4,39-25)18-7-9-19(10-8-18)34-13-20(14-34)37-5/h11,18-20H,7-10,12-14H2,1-6H3,(H,31,36)(H,32,35)/t18?,19?,30-/m1/s1. The van der Waals surface area contributed by atoms with Crippen molar-refractivity contribution in [3.63, 3.8) is 0 Å². The van der Waals surface area contributed by atoms with Gasteiger partial charge in [0.2, 0.25) is 0 Å². The molecular formula is C30H38N4O6S. The molecule has 1 atom stereocenters. The van der Waals surface area contributed by atoms with Crippen LogP contribution in [0.5, 0.6) is 11.5 Å². The maximum atomic E-state index is 13.7. The van der Waals surface area contributed by atoms with E-state index >= 15 is 0 Å². The number of oxazole rings is 1. The van der Waals surface area contributed by atoms with Crippen LogP contribution in [-0.4, -0.2) is 65.2 Å². The summed E-state index contributed by atoms with van der Waals surface area (Å²) in [6, 6.07) is 2.48. The highest BCUT2D eigenvalue weighted by atomic mass is 32.2. The Morgan fingerprint density at radius 3 is 2.59 bits per heavy atom. The summed E-state index contributed by atoms with van der Waals surface area (Å²) in [6.45, 7) is 9.52. The summed E-state index contributed by atoms with van der Waals surface area (Å²) in [5, 5.41) is 2.93. The lowest BCUT2D eigenvalue weighted by Gasteiger charge is -2.47. The molecule has 2 N–H and O–H groups in total. The number of ether oxygens (including phenoxy) is 3. The van der Waals surface area contributed by atoms with Crippen LogP contribution in [0.3, 0.4) is 0 Å². The van der Waals surface area contributed by atoms with Crippen molar-refractivity contribution < 1.29 is 23.4 Å². The SMILES string of the molecule is COC1CN(C2CCC([C@]3(C)Oc4c(C)c(C(=O)NCc5c(SC)cc(C)[nH]c5=O)c5oc(C)nc5c4O3)CC2)C1. The molecule has 0 unspecified atom stereocenters. The average Bonchev–Trinajstić information content (AvgIpc) is 3.48. The third-order valence-corrected chi connectivity index (χ3v) is 9.78. The molecule has 0 radical (unpaired) electrons. The number of fused-ring (bicyclic) bond motifs is 3. The summed E-state index contributed by atoms with van der Waals surface area (Å²) < 4.78 is 24.6. The molecule has 0 bridgehead atoms. The highest BCUT2D eigenvalue weighted by molar-refractivity contribution is 7.98. The van der Waals surface area contributed by atoms with E-state index < -0.39 is 5.79 Å². The molecule has 1 saturated carbocycles. The minimum Gasteiger partial charge on any atom is -0.448 e. The number of aromatic nitrogens is 2. The van der Waals surface area contributed by atoms with Crippen LogP contribution < -0.4 is 20.3 Å². The Kier molecular flexibility index (Phi) is 7.32. The number of H-pyrrole nitrogens is 1. The maximum Gasteiger partial charge on any atom is 0.255 e. The predicted molar refractivity (Wildman–Crippen MR) is 156 cm³/mol. The van der Waals surface area contributed by atoms with Crippen LogP contribution in [0, 0.1) is 26.7 Å².